The number of halogens is 4. The van der Waals surface area contributed by atoms with Gasteiger partial charge in [0.1, 0.15) is 0 Å². The number of nitrogens with zero attached hydrogens (tertiary/aromatic N) is 2. The topological polar surface area (TPSA) is 37.8 Å². The fraction of sp³-hybridized carbons (Fsp3) is 0.200. The number of nitrogens with one attached hydrogen (secondary N) is 1. The van der Waals surface area contributed by atoms with Crippen molar-refractivity contribution in [1.29, 1.82) is 0 Å². The van der Waals surface area contributed by atoms with E-state index in [1.807, 2.05) is 0 Å². The van der Waals surface area contributed by atoms with Crippen LogP contribution in [0, 0.1) is 0 Å². The fourth-order valence-electron chi connectivity index (χ4n) is 0.523. The molecule has 0 aliphatic carbocycles. The monoisotopic (exact) mass is 241 g/mol. The molecule has 1 N–H and O–H groups in total. The van der Waals surface area contributed by atoms with Crippen molar-refractivity contribution in [1.82, 2.24) is 9.97 Å². The normalized spacial score (nSPS) is 11.3. The van der Waals surface area contributed by atoms with Gasteiger partial charge in [0.2, 0.25) is 5.82 Å². The predicted molar refractivity (Wildman–Crippen MR) is 39.6 cm³/mol. The highest BCUT2D eigenvalue weighted by Gasteiger charge is 2.34. The van der Waals surface area contributed by atoms with Crippen LogP contribution < -0.4 is 4.34 Å². The summed E-state index contributed by atoms with van der Waals surface area (Å²) >= 11 is 2.82. The lowest BCUT2D eigenvalue weighted by atomic mass is 10.5. The summed E-state index contributed by atoms with van der Waals surface area (Å²) in [6.45, 7) is 0. The lowest BCUT2D eigenvalue weighted by Gasteiger charge is -2.03. The number of anilines is 1. The largest absolute Gasteiger partial charge is 0.451 e. The van der Waals surface area contributed by atoms with Gasteiger partial charge < -0.3 is 4.34 Å². The van der Waals surface area contributed by atoms with Crippen LogP contribution in [0.1, 0.15) is 5.82 Å². The average Bonchev–Trinajstić information content (AvgIpc) is 2.03. The molecular weight excluding hydrogens is 239 g/mol. The summed E-state index contributed by atoms with van der Waals surface area (Å²) in [5.74, 6) is -1.14. The molecule has 7 heteroatoms. The van der Waals surface area contributed by atoms with E-state index < -0.39 is 12.0 Å². The Morgan fingerprint density at radius 3 is 2.08 bits per heavy atom. The van der Waals surface area contributed by atoms with Crippen molar-refractivity contribution in [2.75, 3.05) is 4.34 Å². The zero-order valence-electron chi connectivity index (χ0n) is 5.56. The van der Waals surface area contributed by atoms with E-state index in [0.717, 1.165) is 12.4 Å². The maximum atomic E-state index is 11.9. The molecule has 0 fully saturated rings. The summed E-state index contributed by atoms with van der Waals surface area (Å²) in [4.78, 5) is 6.18. The molecule has 1 heterocycles. The molecule has 12 heavy (non-hydrogen) atoms. The third-order valence-corrected chi connectivity index (χ3v) is 1.47. The smallest absolute Gasteiger partial charge is 0.320 e. The van der Waals surface area contributed by atoms with Crippen LogP contribution in [-0.4, -0.2) is 9.97 Å². The summed E-state index contributed by atoms with van der Waals surface area (Å²) in [6.07, 6.45) is -2.42. The van der Waals surface area contributed by atoms with Crippen LogP contribution in [-0.2, 0) is 6.18 Å². The van der Waals surface area contributed by atoms with E-state index in [1.165, 1.54) is 0 Å². The van der Waals surface area contributed by atoms with Crippen LogP contribution in [0.4, 0.5) is 18.9 Å². The summed E-state index contributed by atoms with van der Waals surface area (Å²) in [5, 5.41) is 0. The molecule has 66 valence electrons. The molecule has 1 aromatic rings. The molecule has 0 bridgehead atoms. The van der Waals surface area contributed by atoms with Gasteiger partial charge in [-0.25, -0.2) is 9.97 Å². The van der Waals surface area contributed by atoms with Gasteiger partial charge in [-0.05, 0) is 0 Å². The van der Waals surface area contributed by atoms with Gasteiger partial charge in [-0.2, -0.15) is 13.2 Å². The molecular formula is C5H3BrF3N3. The van der Waals surface area contributed by atoms with E-state index in [4.69, 9.17) is 0 Å². The van der Waals surface area contributed by atoms with E-state index in [9.17, 15) is 13.2 Å². The van der Waals surface area contributed by atoms with Gasteiger partial charge >= 0.3 is 6.18 Å². The van der Waals surface area contributed by atoms with E-state index in [2.05, 4.69) is 30.5 Å². The highest BCUT2D eigenvalue weighted by atomic mass is 79.9. The Kier molecular flexibility index (Phi) is 2.51. The molecule has 0 aliphatic heterocycles. The Balaban J connectivity index is 2.93. The van der Waals surface area contributed by atoms with Gasteiger partial charge in [-0.1, -0.05) is 0 Å². The number of aromatic nitrogens is 2. The van der Waals surface area contributed by atoms with Crippen molar-refractivity contribution >= 4 is 21.8 Å². The van der Waals surface area contributed by atoms with Crippen LogP contribution in [0.15, 0.2) is 12.4 Å². The first-order chi connectivity index (χ1) is 5.54. The van der Waals surface area contributed by atoms with Crippen molar-refractivity contribution in [3.05, 3.63) is 18.2 Å². The maximum absolute atomic E-state index is 11.9. The standard InChI is InChI=1S/C5H3BrF3N3/c6-12-3-1-10-4(11-2-3)5(7,8)9/h1-2,12H. The van der Waals surface area contributed by atoms with Gasteiger partial charge in [0.15, 0.2) is 0 Å². The minimum Gasteiger partial charge on any atom is -0.320 e. The zero-order chi connectivity index (χ0) is 9.19. The van der Waals surface area contributed by atoms with Gasteiger partial charge in [0.25, 0.3) is 0 Å². The van der Waals surface area contributed by atoms with Crippen molar-refractivity contribution in [2.45, 2.75) is 6.18 Å². The Hall–Kier alpha value is -0.850. The van der Waals surface area contributed by atoms with Gasteiger partial charge in [0, 0.05) is 16.1 Å². The molecule has 1 rings (SSSR count). The second-order valence-electron chi connectivity index (χ2n) is 1.89. The van der Waals surface area contributed by atoms with Crippen LogP contribution >= 0.6 is 16.1 Å². The third-order valence-electron chi connectivity index (χ3n) is 1.01. The molecule has 1 aromatic heterocycles. The summed E-state index contributed by atoms with van der Waals surface area (Å²) in [6, 6.07) is 0. The highest BCUT2D eigenvalue weighted by molar-refractivity contribution is 9.10. The maximum Gasteiger partial charge on any atom is 0.451 e. The summed E-state index contributed by atoms with van der Waals surface area (Å²) in [7, 11) is 0. The third kappa shape index (κ3) is 2.07. The van der Waals surface area contributed by atoms with Crippen molar-refractivity contribution in [3.8, 4) is 0 Å². The molecule has 0 aromatic carbocycles. The number of hydrogen-bond donors (Lipinski definition) is 1. The van der Waals surface area contributed by atoms with Crippen molar-refractivity contribution < 1.29 is 13.2 Å². The minimum atomic E-state index is -4.48. The first kappa shape index (κ1) is 9.24. The number of alkyl halides is 3. The Morgan fingerprint density at radius 2 is 1.75 bits per heavy atom. The molecule has 0 spiro atoms. The lowest BCUT2D eigenvalue weighted by Crippen LogP contribution is -2.10. The van der Waals surface area contributed by atoms with Crippen molar-refractivity contribution in [3.63, 3.8) is 0 Å². The van der Waals surface area contributed by atoms with Crippen LogP contribution in [0.25, 0.3) is 0 Å². The molecule has 3 nitrogen and oxygen atoms in total. The predicted octanol–water partition coefficient (Wildman–Crippen LogP) is 2.22. The molecule has 0 unspecified atom stereocenters. The quantitative estimate of drug-likeness (QED) is 0.767. The van der Waals surface area contributed by atoms with Gasteiger partial charge in [0.05, 0.1) is 18.1 Å². The molecule has 0 aliphatic rings. The second-order valence-corrected chi connectivity index (χ2v) is 2.28. The van der Waals surface area contributed by atoms with Crippen molar-refractivity contribution in [2.24, 2.45) is 0 Å². The molecule has 0 atom stereocenters. The average molecular weight is 242 g/mol. The highest BCUT2D eigenvalue weighted by Crippen LogP contribution is 2.25. The van der Waals surface area contributed by atoms with E-state index in [0.29, 0.717) is 5.69 Å². The van der Waals surface area contributed by atoms with Gasteiger partial charge in [-0.15, -0.1) is 0 Å². The van der Waals surface area contributed by atoms with Crippen LogP contribution in [0.2, 0.25) is 0 Å². The number of hydrogen-bond acceptors (Lipinski definition) is 3. The van der Waals surface area contributed by atoms with Crippen LogP contribution in [0.5, 0.6) is 0 Å². The summed E-state index contributed by atoms with van der Waals surface area (Å²) < 4.78 is 38.0. The first-order valence-electron chi connectivity index (χ1n) is 2.80. The zero-order valence-corrected chi connectivity index (χ0v) is 7.15. The number of rotatable bonds is 1. The van der Waals surface area contributed by atoms with Gasteiger partial charge in [-0.3, -0.25) is 0 Å². The first-order valence-corrected chi connectivity index (χ1v) is 3.59. The summed E-state index contributed by atoms with van der Waals surface area (Å²) in [5.41, 5.74) is 0.364. The SMILES string of the molecule is FC(F)(F)c1ncc(NBr)cn1. The molecule has 0 saturated heterocycles. The lowest BCUT2D eigenvalue weighted by molar-refractivity contribution is -0.144. The molecule has 0 amide bonds. The molecule has 0 radical (unpaired) electrons. The van der Waals surface area contributed by atoms with E-state index in [1.54, 1.807) is 0 Å². The minimum absolute atomic E-state index is 0.364. The molecule has 0 saturated carbocycles. The second kappa shape index (κ2) is 3.26. The Labute approximate surface area is 74.4 Å². The fourth-order valence-corrected chi connectivity index (χ4v) is 0.728. The van der Waals surface area contributed by atoms with Crippen LogP contribution in [0.3, 0.4) is 0 Å². The van der Waals surface area contributed by atoms with E-state index >= 15 is 0 Å². The van der Waals surface area contributed by atoms with E-state index in [-0.39, 0.29) is 0 Å². The Morgan fingerprint density at radius 1 is 1.25 bits per heavy atom. The Bertz CT molecular complexity index is 258.